The van der Waals surface area contributed by atoms with E-state index in [0.29, 0.717) is 23.4 Å². The van der Waals surface area contributed by atoms with Crippen molar-refractivity contribution < 1.29 is 8.42 Å². The van der Waals surface area contributed by atoms with E-state index in [1.54, 1.807) is 6.07 Å². The van der Waals surface area contributed by atoms with Crippen molar-refractivity contribution >= 4 is 21.4 Å². The second kappa shape index (κ2) is 5.09. The summed E-state index contributed by atoms with van der Waals surface area (Å²) < 4.78 is 28.1. The van der Waals surface area contributed by atoms with Crippen LogP contribution in [0, 0.1) is 5.92 Å². The molecular formula is C14H22N2O2S2. The molecule has 2 aliphatic rings. The average molecular weight is 314 g/mol. The molecule has 1 aromatic heterocycles. The minimum atomic E-state index is -3.42. The van der Waals surface area contributed by atoms with Crippen LogP contribution in [0.4, 0.5) is 0 Å². The molecule has 112 valence electrons. The molecule has 3 rings (SSSR count). The van der Waals surface area contributed by atoms with E-state index in [4.69, 9.17) is 0 Å². The molecule has 20 heavy (non-hydrogen) atoms. The average Bonchev–Trinajstić information content (AvgIpc) is 3.23. The van der Waals surface area contributed by atoms with Gasteiger partial charge in [0.1, 0.15) is 0 Å². The molecule has 0 unspecified atom stereocenters. The van der Waals surface area contributed by atoms with E-state index in [1.165, 1.54) is 24.2 Å². The Bertz CT molecular complexity index is 584. The molecule has 0 amide bonds. The summed E-state index contributed by atoms with van der Waals surface area (Å²) in [6, 6.07) is 2.31. The van der Waals surface area contributed by atoms with Gasteiger partial charge in [0.2, 0.25) is 10.0 Å². The Morgan fingerprint density at radius 3 is 2.60 bits per heavy atom. The van der Waals surface area contributed by atoms with Crippen molar-refractivity contribution in [3.63, 3.8) is 0 Å². The highest BCUT2D eigenvalue weighted by molar-refractivity contribution is 7.89. The summed E-state index contributed by atoms with van der Waals surface area (Å²) in [6.07, 6.45) is 4.66. The van der Waals surface area contributed by atoms with E-state index in [0.717, 1.165) is 17.7 Å². The lowest BCUT2D eigenvalue weighted by molar-refractivity contribution is 0.400. The molecule has 0 atom stereocenters. The minimum Gasteiger partial charge on any atom is -0.309 e. The molecule has 4 nitrogen and oxygen atoms in total. The molecule has 2 saturated carbocycles. The van der Waals surface area contributed by atoms with E-state index in [1.807, 2.05) is 19.2 Å². The Balaban J connectivity index is 1.74. The van der Waals surface area contributed by atoms with E-state index >= 15 is 0 Å². The van der Waals surface area contributed by atoms with Gasteiger partial charge < -0.3 is 5.32 Å². The maximum Gasteiger partial charge on any atom is 0.242 e. The predicted molar refractivity (Wildman–Crippen MR) is 81.3 cm³/mol. The first-order valence-corrected chi connectivity index (χ1v) is 9.58. The number of nitrogens with one attached hydrogen (secondary N) is 2. The number of rotatable bonds is 7. The summed E-state index contributed by atoms with van der Waals surface area (Å²) in [6.45, 7) is 4.62. The van der Waals surface area contributed by atoms with E-state index < -0.39 is 10.0 Å². The Morgan fingerprint density at radius 1 is 1.30 bits per heavy atom. The van der Waals surface area contributed by atoms with Crippen molar-refractivity contribution in [1.82, 2.24) is 10.0 Å². The van der Waals surface area contributed by atoms with Crippen molar-refractivity contribution in [3.05, 3.63) is 16.3 Å². The summed E-state index contributed by atoms with van der Waals surface area (Å²) in [5, 5.41) is 5.25. The van der Waals surface area contributed by atoms with Crippen LogP contribution in [-0.4, -0.2) is 20.0 Å². The van der Waals surface area contributed by atoms with Gasteiger partial charge in [0, 0.05) is 23.0 Å². The van der Waals surface area contributed by atoms with Crippen LogP contribution in [-0.2, 0) is 16.6 Å². The van der Waals surface area contributed by atoms with Gasteiger partial charge in [-0.3, -0.25) is 0 Å². The Labute approximate surface area is 125 Å². The number of sulfonamides is 1. The third kappa shape index (κ3) is 3.24. The molecule has 0 bridgehead atoms. The van der Waals surface area contributed by atoms with Gasteiger partial charge in [0.05, 0.1) is 4.90 Å². The predicted octanol–water partition coefficient (Wildman–Crippen LogP) is 2.47. The van der Waals surface area contributed by atoms with Gasteiger partial charge >= 0.3 is 0 Å². The largest absolute Gasteiger partial charge is 0.309 e. The highest BCUT2D eigenvalue weighted by Crippen LogP contribution is 2.40. The second-order valence-electron chi connectivity index (χ2n) is 6.46. The summed E-state index contributed by atoms with van der Waals surface area (Å²) in [4.78, 5) is 1.36. The monoisotopic (exact) mass is 314 g/mol. The van der Waals surface area contributed by atoms with Gasteiger partial charge in [0.25, 0.3) is 0 Å². The first-order chi connectivity index (χ1) is 9.38. The highest BCUT2D eigenvalue weighted by atomic mass is 32.2. The van der Waals surface area contributed by atoms with Crippen LogP contribution >= 0.6 is 11.3 Å². The number of hydrogen-bond donors (Lipinski definition) is 2. The standard InChI is InChI=1S/C14H22N2O2S2/c1-14(2,10-3-4-10)16-20(17,18)13-7-8-19-12(13)9-15-11-5-6-11/h7-8,10-11,15-16H,3-6,9H2,1-2H3. The third-order valence-electron chi connectivity index (χ3n) is 4.12. The Kier molecular flexibility index (Phi) is 3.69. The van der Waals surface area contributed by atoms with E-state index in [9.17, 15) is 8.42 Å². The fraction of sp³-hybridized carbons (Fsp3) is 0.714. The zero-order valence-corrected chi connectivity index (χ0v) is 13.6. The quantitative estimate of drug-likeness (QED) is 0.813. The maximum atomic E-state index is 12.6. The summed E-state index contributed by atoms with van der Waals surface area (Å²) in [7, 11) is -3.42. The topological polar surface area (TPSA) is 58.2 Å². The van der Waals surface area contributed by atoms with Crippen molar-refractivity contribution in [2.24, 2.45) is 5.92 Å². The molecule has 6 heteroatoms. The maximum absolute atomic E-state index is 12.6. The van der Waals surface area contributed by atoms with Crippen LogP contribution in [0.3, 0.4) is 0 Å². The molecule has 2 N–H and O–H groups in total. The van der Waals surface area contributed by atoms with Crippen LogP contribution < -0.4 is 10.0 Å². The fourth-order valence-corrected chi connectivity index (χ4v) is 5.38. The first kappa shape index (κ1) is 14.5. The van der Waals surface area contributed by atoms with E-state index in [2.05, 4.69) is 10.0 Å². The van der Waals surface area contributed by atoms with Crippen molar-refractivity contribution in [1.29, 1.82) is 0 Å². The minimum absolute atomic E-state index is 0.345. The SMILES string of the molecule is CC(C)(NS(=O)(=O)c1ccsc1CNC1CC1)C1CC1. The zero-order chi connectivity index (χ0) is 14.4. The van der Waals surface area contributed by atoms with Gasteiger partial charge in [-0.25, -0.2) is 13.1 Å². The van der Waals surface area contributed by atoms with Crippen LogP contribution in [0.1, 0.15) is 44.4 Å². The number of hydrogen-bond acceptors (Lipinski definition) is 4. The van der Waals surface area contributed by atoms with Crippen molar-refractivity contribution in [3.8, 4) is 0 Å². The molecule has 1 heterocycles. The van der Waals surface area contributed by atoms with Crippen LogP contribution in [0.15, 0.2) is 16.3 Å². The smallest absolute Gasteiger partial charge is 0.242 e. The molecular weight excluding hydrogens is 292 g/mol. The van der Waals surface area contributed by atoms with Crippen molar-refractivity contribution in [2.75, 3.05) is 0 Å². The lowest BCUT2D eigenvalue weighted by Gasteiger charge is -2.25. The molecule has 2 aliphatic carbocycles. The van der Waals surface area contributed by atoms with Gasteiger partial charge in [-0.15, -0.1) is 11.3 Å². The van der Waals surface area contributed by atoms with Gasteiger partial charge in [0.15, 0.2) is 0 Å². The normalized spacial score (nSPS) is 20.3. The van der Waals surface area contributed by atoms with Gasteiger partial charge in [-0.05, 0) is 56.9 Å². The van der Waals surface area contributed by atoms with Crippen LogP contribution in [0.25, 0.3) is 0 Å². The molecule has 0 saturated heterocycles. The molecule has 2 fully saturated rings. The van der Waals surface area contributed by atoms with Crippen LogP contribution in [0.2, 0.25) is 0 Å². The summed E-state index contributed by atoms with van der Waals surface area (Å²) >= 11 is 1.51. The van der Waals surface area contributed by atoms with Crippen LogP contribution in [0.5, 0.6) is 0 Å². The molecule has 0 spiro atoms. The second-order valence-corrected chi connectivity index (χ2v) is 9.12. The molecule has 0 aliphatic heterocycles. The van der Waals surface area contributed by atoms with Gasteiger partial charge in [-0.1, -0.05) is 0 Å². The fourth-order valence-electron chi connectivity index (χ4n) is 2.51. The highest BCUT2D eigenvalue weighted by Gasteiger charge is 2.41. The lowest BCUT2D eigenvalue weighted by Crippen LogP contribution is -2.45. The van der Waals surface area contributed by atoms with Gasteiger partial charge in [-0.2, -0.15) is 0 Å². The Morgan fingerprint density at radius 2 is 2.00 bits per heavy atom. The molecule has 1 aromatic rings. The Hall–Kier alpha value is -0.430. The third-order valence-corrected chi connectivity index (χ3v) is 6.92. The molecule has 0 radical (unpaired) electrons. The molecule has 0 aromatic carbocycles. The van der Waals surface area contributed by atoms with Crippen molar-refractivity contribution in [2.45, 2.75) is 62.6 Å². The number of thiophene rings is 1. The zero-order valence-electron chi connectivity index (χ0n) is 12.0. The lowest BCUT2D eigenvalue weighted by atomic mass is 10.0. The summed E-state index contributed by atoms with van der Waals surface area (Å²) in [5.41, 5.74) is -0.345. The first-order valence-electron chi connectivity index (χ1n) is 7.22. The summed E-state index contributed by atoms with van der Waals surface area (Å²) in [5.74, 6) is 0.476. The van der Waals surface area contributed by atoms with E-state index in [-0.39, 0.29) is 5.54 Å².